The van der Waals surface area contributed by atoms with E-state index < -0.39 is 23.8 Å². The lowest BCUT2D eigenvalue weighted by Crippen LogP contribution is -2.48. The normalized spacial score (nSPS) is 19.3. The summed E-state index contributed by atoms with van der Waals surface area (Å²) in [5.41, 5.74) is 7.21. The molecule has 6 nitrogen and oxygen atoms in total. The number of carbonyl (C=O) groups excluding carboxylic acids is 3. The Labute approximate surface area is 153 Å². The molecule has 2 rings (SSSR count). The number of nitrogens with zero attached hydrogens (tertiary/aromatic N) is 1. The molecule has 3 N–H and O–H groups in total. The van der Waals surface area contributed by atoms with Gasteiger partial charge in [0.1, 0.15) is 6.04 Å². The van der Waals surface area contributed by atoms with Crippen LogP contribution in [0.3, 0.4) is 0 Å². The van der Waals surface area contributed by atoms with Gasteiger partial charge in [-0.2, -0.15) is 0 Å². The largest absolute Gasteiger partial charge is 0.369 e. The fraction of sp³-hybridized carbons (Fsp3) is 0.350. The van der Waals surface area contributed by atoms with Gasteiger partial charge in [-0.1, -0.05) is 56.3 Å². The molecule has 3 atom stereocenters. The highest BCUT2D eigenvalue weighted by atomic mass is 16.2. The molecule has 0 bridgehead atoms. The van der Waals surface area contributed by atoms with E-state index in [1.807, 2.05) is 36.4 Å². The van der Waals surface area contributed by atoms with E-state index >= 15 is 0 Å². The summed E-state index contributed by atoms with van der Waals surface area (Å²) in [6.45, 7) is 3.45. The number of hydrogen-bond donors (Lipinski definition) is 2. The summed E-state index contributed by atoms with van der Waals surface area (Å²) in [5, 5.41) is 2.72. The second-order valence-corrected chi connectivity index (χ2v) is 6.45. The molecule has 1 aliphatic rings. The minimum atomic E-state index is -0.794. The third kappa shape index (κ3) is 4.39. The summed E-state index contributed by atoms with van der Waals surface area (Å²) >= 11 is 0. The third-order valence-electron chi connectivity index (χ3n) is 4.64. The zero-order chi connectivity index (χ0) is 19.3. The van der Waals surface area contributed by atoms with Crippen LogP contribution in [0.25, 0.3) is 5.57 Å². The van der Waals surface area contributed by atoms with Gasteiger partial charge in [-0.3, -0.25) is 14.4 Å². The maximum absolute atomic E-state index is 12.6. The second-order valence-electron chi connectivity index (χ2n) is 6.45. The molecule has 1 aliphatic heterocycles. The van der Waals surface area contributed by atoms with Crippen LogP contribution < -0.4 is 11.1 Å². The van der Waals surface area contributed by atoms with Crippen LogP contribution in [0.15, 0.2) is 48.7 Å². The molecule has 6 heteroatoms. The lowest BCUT2D eigenvalue weighted by molar-refractivity contribution is -0.136. The van der Waals surface area contributed by atoms with Crippen molar-refractivity contribution in [3.63, 3.8) is 0 Å². The van der Waals surface area contributed by atoms with Crippen molar-refractivity contribution in [2.75, 3.05) is 7.05 Å². The van der Waals surface area contributed by atoms with E-state index in [2.05, 4.69) is 5.32 Å². The summed E-state index contributed by atoms with van der Waals surface area (Å²) in [5.74, 6) is -2.29. The van der Waals surface area contributed by atoms with Gasteiger partial charge in [0.05, 0.1) is 0 Å². The molecule has 0 saturated carbocycles. The van der Waals surface area contributed by atoms with E-state index in [1.165, 1.54) is 4.90 Å². The van der Waals surface area contributed by atoms with E-state index in [1.54, 1.807) is 33.2 Å². The van der Waals surface area contributed by atoms with Gasteiger partial charge < -0.3 is 16.0 Å². The molecule has 1 aromatic carbocycles. The standard InChI is InChI=1S/C20H25N3O3/c1-4-16(18(21)24)13(2)19(25)22-17-11-10-15(12-23(3)20(17)26)14-8-6-5-7-9-14/h5-13,16-17H,4H2,1-3H3,(H2,21,24)(H,22,25)/t13-,16?,17?/m0/s1. The number of amides is 3. The minimum Gasteiger partial charge on any atom is -0.369 e. The van der Waals surface area contributed by atoms with Crippen molar-refractivity contribution in [3.05, 3.63) is 54.2 Å². The average Bonchev–Trinajstić information content (AvgIpc) is 2.76. The van der Waals surface area contributed by atoms with Crippen LogP contribution in [0.2, 0.25) is 0 Å². The Bertz CT molecular complexity index is 740. The number of nitrogens with one attached hydrogen (secondary N) is 1. The Balaban J connectivity index is 2.17. The average molecular weight is 355 g/mol. The van der Waals surface area contributed by atoms with E-state index in [-0.39, 0.29) is 11.8 Å². The van der Waals surface area contributed by atoms with Crippen molar-refractivity contribution < 1.29 is 14.4 Å². The molecule has 0 radical (unpaired) electrons. The van der Waals surface area contributed by atoms with Crippen LogP contribution in [0.5, 0.6) is 0 Å². The first-order chi connectivity index (χ1) is 12.3. The van der Waals surface area contributed by atoms with Crippen LogP contribution in [0.4, 0.5) is 0 Å². The van der Waals surface area contributed by atoms with Crippen LogP contribution >= 0.6 is 0 Å². The van der Waals surface area contributed by atoms with Gasteiger partial charge in [-0.25, -0.2) is 0 Å². The summed E-state index contributed by atoms with van der Waals surface area (Å²) in [4.78, 5) is 38.0. The van der Waals surface area contributed by atoms with Gasteiger partial charge in [0.2, 0.25) is 11.8 Å². The zero-order valence-electron chi connectivity index (χ0n) is 15.3. The highest BCUT2D eigenvalue weighted by Gasteiger charge is 2.30. The van der Waals surface area contributed by atoms with E-state index in [4.69, 9.17) is 5.73 Å². The Kier molecular flexibility index (Phi) is 6.33. The summed E-state index contributed by atoms with van der Waals surface area (Å²) in [7, 11) is 1.65. The topological polar surface area (TPSA) is 92.5 Å². The second kappa shape index (κ2) is 8.47. The van der Waals surface area contributed by atoms with Gasteiger partial charge in [0.15, 0.2) is 0 Å². The number of allylic oxidation sites excluding steroid dienone is 2. The molecule has 0 spiro atoms. The quantitative estimate of drug-likeness (QED) is 0.813. The molecule has 0 fully saturated rings. The Morgan fingerprint density at radius 3 is 2.50 bits per heavy atom. The van der Waals surface area contributed by atoms with Gasteiger partial charge >= 0.3 is 0 Å². The first-order valence-electron chi connectivity index (χ1n) is 8.67. The van der Waals surface area contributed by atoms with Crippen molar-refractivity contribution in [1.82, 2.24) is 10.2 Å². The molecule has 1 heterocycles. The number of primary amides is 1. The van der Waals surface area contributed by atoms with E-state index in [0.717, 1.165) is 11.1 Å². The van der Waals surface area contributed by atoms with Crippen molar-refractivity contribution >= 4 is 23.3 Å². The van der Waals surface area contributed by atoms with Crippen molar-refractivity contribution in [2.24, 2.45) is 17.6 Å². The Morgan fingerprint density at radius 1 is 1.27 bits per heavy atom. The molecule has 2 unspecified atom stereocenters. The third-order valence-corrected chi connectivity index (χ3v) is 4.64. The zero-order valence-corrected chi connectivity index (χ0v) is 15.3. The molecular formula is C20H25N3O3. The first-order valence-corrected chi connectivity index (χ1v) is 8.67. The maximum Gasteiger partial charge on any atom is 0.252 e. The first kappa shape index (κ1) is 19.4. The number of hydrogen-bond acceptors (Lipinski definition) is 3. The van der Waals surface area contributed by atoms with Gasteiger partial charge in [0.25, 0.3) is 5.91 Å². The Hall–Kier alpha value is -2.89. The number of nitrogens with two attached hydrogens (primary N) is 1. The number of rotatable bonds is 6. The van der Waals surface area contributed by atoms with Crippen LogP contribution in [-0.4, -0.2) is 35.7 Å². The van der Waals surface area contributed by atoms with Crippen LogP contribution in [0, 0.1) is 11.8 Å². The number of carbonyl (C=O) groups is 3. The molecule has 26 heavy (non-hydrogen) atoms. The lowest BCUT2D eigenvalue weighted by atomic mass is 9.90. The predicted molar refractivity (Wildman–Crippen MR) is 100 cm³/mol. The number of benzene rings is 1. The molecule has 1 aromatic rings. The van der Waals surface area contributed by atoms with Crippen molar-refractivity contribution in [3.8, 4) is 0 Å². The van der Waals surface area contributed by atoms with Crippen molar-refractivity contribution in [2.45, 2.75) is 26.3 Å². The molecule has 138 valence electrons. The predicted octanol–water partition coefficient (Wildman–Crippen LogP) is 1.69. The van der Waals surface area contributed by atoms with Gasteiger partial charge in [-0.15, -0.1) is 0 Å². The van der Waals surface area contributed by atoms with Crippen molar-refractivity contribution in [1.29, 1.82) is 0 Å². The molecule has 0 aromatic heterocycles. The monoisotopic (exact) mass is 355 g/mol. The molecule has 3 amide bonds. The van der Waals surface area contributed by atoms with Gasteiger partial charge in [0, 0.05) is 25.1 Å². The van der Waals surface area contributed by atoms with Crippen LogP contribution in [-0.2, 0) is 14.4 Å². The Morgan fingerprint density at radius 2 is 1.92 bits per heavy atom. The highest BCUT2D eigenvalue weighted by molar-refractivity contribution is 5.94. The van der Waals surface area contributed by atoms with E-state index in [9.17, 15) is 14.4 Å². The summed E-state index contributed by atoms with van der Waals surface area (Å²) < 4.78 is 0. The van der Waals surface area contributed by atoms with Gasteiger partial charge in [-0.05, 0) is 17.6 Å². The fourth-order valence-corrected chi connectivity index (χ4v) is 3.00. The highest BCUT2D eigenvalue weighted by Crippen LogP contribution is 2.20. The molecule has 0 aliphatic carbocycles. The minimum absolute atomic E-state index is 0.250. The SMILES string of the molecule is CCC(C(N)=O)[C@H](C)C(=O)NC1C=CC(c2ccccc2)=CN(C)C1=O. The lowest BCUT2D eigenvalue weighted by Gasteiger charge is -2.23. The molecule has 0 saturated heterocycles. The summed E-state index contributed by atoms with van der Waals surface area (Å²) in [6, 6.07) is 8.88. The van der Waals surface area contributed by atoms with E-state index in [0.29, 0.717) is 6.42 Å². The van der Waals surface area contributed by atoms with Crippen LogP contribution in [0.1, 0.15) is 25.8 Å². The smallest absolute Gasteiger partial charge is 0.252 e. The molecular weight excluding hydrogens is 330 g/mol. The fourth-order valence-electron chi connectivity index (χ4n) is 3.00. The summed E-state index contributed by atoms with van der Waals surface area (Å²) in [6.07, 6.45) is 5.69. The number of likely N-dealkylation sites (N-methyl/N-ethyl adjacent to an activating group) is 1. The maximum atomic E-state index is 12.6.